The van der Waals surface area contributed by atoms with E-state index in [1.807, 2.05) is 0 Å². The van der Waals surface area contributed by atoms with Crippen molar-refractivity contribution in [1.82, 2.24) is 4.31 Å². The Kier molecular flexibility index (Phi) is 4.80. The van der Waals surface area contributed by atoms with Gasteiger partial charge in [0.2, 0.25) is 10.0 Å². The second kappa shape index (κ2) is 5.92. The van der Waals surface area contributed by atoms with Gasteiger partial charge in [0.05, 0.1) is 21.4 Å². The Labute approximate surface area is 132 Å². The zero-order chi connectivity index (χ0) is 15.0. The predicted octanol–water partition coefficient (Wildman–Crippen LogP) is 1.91. The van der Waals surface area contributed by atoms with Gasteiger partial charge in [0.1, 0.15) is 0 Å². The number of sulfone groups is 1. The monoisotopic (exact) mass is 401 g/mol. The first-order valence-corrected chi connectivity index (χ1v) is 10.3. The molecule has 0 atom stereocenters. The summed E-state index contributed by atoms with van der Waals surface area (Å²) in [4.78, 5) is 0.105. The maximum Gasteiger partial charge on any atom is 0.243 e. The van der Waals surface area contributed by atoms with Gasteiger partial charge in [-0.2, -0.15) is 4.31 Å². The SMILES string of the molecule is O=S1(=O)CCCN(S(=O)(=O)c2ccc(Cl)c(Br)c2)CC1. The molecule has 1 aromatic carbocycles. The molecule has 20 heavy (non-hydrogen) atoms. The van der Waals surface area contributed by atoms with Crippen molar-refractivity contribution in [3.05, 3.63) is 27.7 Å². The smallest absolute Gasteiger partial charge is 0.229 e. The summed E-state index contributed by atoms with van der Waals surface area (Å²) in [5.41, 5.74) is 0. The van der Waals surface area contributed by atoms with Gasteiger partial charge in [-0.25, -0.2) is 16.8 Å². The van der Waals surface area contributed by atoms with Gasteiger partial charge in [0.25, 0.3) is 0 Å². The summed E-state index contributed by atoms with van der Waals surface area (Å²) in [6.45, 7) is 0.201. The molecule has 0 saturated carbocycles. The number of sulfonamides is 1. The van der Waals surface area contributed by atoms with E-state index in [0.29, 0.717) is 15.9 Å². The van der Waals surface area contributed by atoms with Crippen molar-refractivity contribution >= 4 is 47.4 Å². The number of benzene rings is 1. The third-order valence-corrected chi connectivity index (χ3v) is 7.87. The molecule has 1 fully saturated rings. The van der Waals surface area contributed by atoms with Crippen LogP contribution in [-0.2, 0) is 19.9 Å². The third kappa shape index (κ3) is 3.54. The van der Waals surface area contributed by atoms with Crippen LogP contribution in [0.15, 0.2) is 27.6 Å². The van der Waals surface area contributed by atoms with Crippen LogP contribution in [0.5, 0.6) is 0 Å². The standard InChI is InChI=1S/C11H13BrClNO4S2/c12-10-8-9(2-3-11(10)13)20(17,18)14-4-1-6-19(15,16)7-5-14/h2-3,8H,1,4-7H2. The number of halogens is 2. The Bertz CT molecular complexity index is 718. The van der Waals surface area contributed by atoms with Crippen LogP contribution in [0.25, 0.3) is 0 Å². The highest BCUT2D eigenvalue weighted by Gasteiger charge is 2.29. The van der Waals surface area contributed by atoms with E-state index < -0.39 is 19.9 Å². The molecule has 5 nitrogen and oxygen atoms in total. The van der Waals surface area contributed by atoms with Crippen molar-refractivity contribution in [1.29, 1.82) is 0 Å². The average Bonchev–Trinajstić information content (AvgIpc) is 2.54. The maximum absolute atomic E-state index is 12.5. The molecule has 0 unspecified atom stereocenters. The lowest BCUT2D eigenvalue weighted by Gasteiger charge is -2.19. The Balaban J connectivity index is 2.32. The number of rotatable bonds is 2. The first-order valence-electron chi connectivity index (χ1n) is 5.88. The van der Waals surface area contributed by atoms with E-state index >= 15 is 0 Å². The Morgan fingerprint density at radius 1 is 1.20 bits per heavy atom. The van der Waals surface area contributed by atoms with Gasteiger partial charge in [-0.1, -0.05) is 11.6 Å². The molecule has 1 aromatic rings. The fourth-order valence-corrected chi connectivity index (χ4v) is 5.48. The van der Waals surface area contributed by atoms with Crippen LogP contribution >= 0.6 is 27.5 Å². The van der Waals surface area contributed by atoms with E-state index in [4.69, 9.17) is 11.6 Å². The minimum atomic E-state index is -3.69. The molecule has 9 heteroatoms. The van der Waals surface area contributed by atoms with Crippen LogP contribution < -0.4 is 0 Å². The fraction of sp³-hybridized carbons (Fsp3) is 0.455. The van der Waals surface area contributed by atoms with E-state index in [1.54, 1.807) is 0 Å². The van der Waals surface area contributed by atoms with Crippen molar-refractivity contribution in [3.8, 4) is 0 Å². The Morgan fingerprint density at radius 3 is 2.55 bits per heavy atom. The lowest BCUT2D eigenvalue weighted by atomic mass is 10.4. The molecular formula is C11H13BrClNO4S2. The summed E-state index contributed by atoms with van der Waals surface area (Å²) in [7, 11) is -6.84. The Morgan fingerprint density at radius 2 is 1.90 bits per heavy atom. The second-order valence-electron chi connectivity index (χ2n) is 4.49. The largest absolute Gasteiger partial charge is 0.243 e. The topological polar surface area (TPSA) is 71.5 Å². The maximum atomic E-state index is 12.5. The lowest BCUT2D eigenvalue weighted by Crippen LogP contribution is -2.33. The summed E-state index contributed by atoms with van der Waals surface area (Å²) in [5, 5.41) is 0.419. The first kappa shape index (κ1) is 16.2. The van der Waals surface area contributed by atoms with Gasteiger partial charge in [0, 0.05) is 17.6 Å². The zero-order valence-corrected chi connectivity index (χ0v) is 14.4. The van der Waals surface area contributed by atoms with E-state index in [9.17, 15) is 16.8 Å². The van der Waals surface area contributed by atoms with Gasteiger partial charge in [-0.3, -0.25) is 0 Å². The molecule has 1 saturated heterocycles. The van der Waals surface area contributed by atoms with Crippen molar-refractivity contribution in [2.45, 2.75) is 11.3 Å². The fourth-order valence-electron chi connectivity index (χ4n) is 1.94. The predicted molar refractivity (Wildman–Crippen MR) is 81.2 cm³/mol. The number of hydrogen-bond acceptors (Lipinski definition) is 4. The van der Waals surface area contributed by atoms with Gasteiger partial charge >= 0.3 is 0 Å². The van der Waals surface area contributed by atoms with Crippen molar-refractivity contribution in [3.63, 3.8) is 0 Å². The van der Waals surface area contributed by atoms with Gasteiger partial charge in [-0.15, -0.1) is 0 Å². The molecule has 1 heterocycles. The number of nitrogens with zero attached hydrogens (tertiary/aromatic N) is 1. The minimum Gasteiger partial charge on any atom is -0.229 e. The molecule has 1 aliphatic heterocycles. The molecule has 0 bridgehead atoms. The molecule has 0 N–H and O–H groups in total. The van der Waals surface area contributed by atoms with Crippen molar-refractivity contribution in [2.75, 3.05) is 24.6 Å². The first-order chi connectivity index (χ1) is 9.22. The Hall–Kier alpha value is -0.150. The van der Waals surface area contributed by atoms with E-state index in [0.717, 1.165) is 0 Å². The lowest BCUT2D eigenvalue weighted by molar-refractivity contribution is 0.434. The number of hydrogen-bond donors (Lipinski definition) is 0. The second-order valence-corrected chi connectivity index (χ2v) is 9.99. The molecule has 0 aromatic heterocycles. The third-order valence-electron chi connectivity index (χ3n) is 3.04. The molecule has 2 rings (SSSR count). The van der Waals surface area contributed by atoms with E-state index in [-0.39, 0.29) is 29.5 Å². The van der Waals surface area contributed by atoms with Crippen LogP contribution in [0.4, 0.5) is 0 Å². The van der Waals surface area contributed by atoms with Crippen LogP contribution in [0.2, 0.25) is 5.02 Å². The summed E-state index contributed by atoms with van der Waals surface area (Å²) in [6.07, 6.45) is 0.316. The highest BCUT2D eigenvalue weighted by molar-refractivity contribution is 9.10. The van der Waals surface area contributed by atoms with Crippen LogP contribution in [0.3, 0.4) is 0 Å². The normalized spacial score (nSPS) is 20.5. The van der Waals surface area contributed by atoms with Gasteiger partial charge in [-0.05, 0) is 40.5 Å². The molecule has 1 aliphatic rings. The van der Waals surface area contributed by atoms with Crippen molar-refractivity contribution in [2.24, 2.45) is 0 Å². The zero-order valence-electron chi connectivity index (χ0n) is 10.4. The van der Waals surface area contributed by atoms with Crippen LogP contribution in [-0.4, -0.2) is 45.7 Å². The summed E-state index contributed by atoms with van der Waals surface area (Å²) < 4.78 is 49.7. The molecule has 0 spiro atoms. The minimum absolute atomic E-state index is 0.00902. The average molecular weight is 403 g/mol. The highest BCUT2D eigenvalue weighted by Crippen LogP contribution is 2.27. The quantitative estimate of drug-likeness (QED) is 0.757. The van der Waals surface area contributed by atoms with Crippen LogP contribution in [0.1, 0.15) is 6.42 Å². The molecule has 0 radical (unpaired) electrons. The van der Waals surface area contributed by atoms with E-state index in [1.165, 1.54) is 22.5 Å². The van der Waals surface area contributed by atoms with Gasteiger partial charge in [0.15, 0.2) is 9.84 Å². The molecule has 0 aliphatic carbocycles. The summed E-state index contributed by atoms with van der Waals surface area (Å²) >= 11 is 9.03. The molecule has 0 amide bonds. The summed E-state index contributed by atoms with van der Waals surface area (Å²) in [6, 6.07) is 4.34. The van der Waals surface area contributed by atoms with Crippen molar-refractivity contribution < 1.29 is 16.8 Å². The molecule has 112 valence electrons. The summed E-state index contributed by atoms with van der Waals surface area (Å²) in [5.74, 6) is -0.107. The molecular weight excluding hydrogens is 390 g/mol. The highest BCUT2D eigenvalue weighted by atomic mass is 79.9. The van der Waals surface area contributed by atoms with Crippen LogP contribution in [0, 0.1) is 0 Å². The van der Waals surface area contributed by atoms with E-state index in [2.05, 4.69) is 15.9 Å². The van der Waals surface area contributed by atoms with Gasteiger partial charge < -0.3 is 0 Å².